The van der Waals surface area contributed by atoms with Gasteiger partial charge in [-0.1, -0.05) is 12.1 Å². The minimum Gasteiger partial charge on any atom is -0.505 e. The average molecular weight is 331 g/mol. The fourth-order valence-corrected chi connectivity index (χ4v) is 2.17. The Morgan fingerprint density at radius 1 is 1.25 bits per heavy atom. The van der Waals surface area contributed by atoms with Gasteiger partial charge in [-0.05, 0) is 30.7 Å². The van der Waals surface area contributed by atoms with E-state index in [4.69, 9.17) is 0 Å². The lowest BCUT2D eigenvalue weighted by atomic mass is 10.1. The number of carbonyl (C=O) groups excluding carboxylic acids is 2. The highest BCUT2D eigenvalue weighted by atomic mass is 19.1. The number of nitrogens with one attached hydrogen (secondary N) is 1. The largest absolute Gasteiger partial charge is 0.505 e. The summed E-state index contributed by atoms with van der Waals surface area (Å²) in [6.45, 7) is 1.54. The Hall–Kier alpha value is -2.96. The van der Waals surface area contributed by atoms with Crippen molar-refractivity contribution in [2.24, 2.45) is 0 Å². The van der Waals surface area contributed by atoms with Crippen molar-refractivity contribution >= 4 is 11.8 Å². The van der Waals surface area contributed by atoms with Gasteiger partial charge in [0.2, 0.25) is 5.91 Å². The highest BCUT2D eigenvalue weighted by Gasteiger charge is 2.21. The van der Waals surface area contributed by atoms with Gasteiger partial charge >= 0.3 is 0 Å². The second kappa shape index (κ2) is 7.08. The van der Waals surface area contributed by atoms with Crippen LogP contribution >= 0.6 is 0 Å². The van der Waals surface area contributed by atoms with E-state index >= 15 is 0 Å². The third-order valence-corrected chi connectivity index (χ3v) is 3.40. The van der Waals surface area contributed by atoms with E-state index in [0.717, 1.165) is 0 Å². The standard InChI is InChI=1S/C17H18FN3O3/c1-10(17(24)21(2)3)20-16(23)15-14(22)8-12(9-19-15)11-5-4-6-13(18)7-11/h4-10,22H,1-3H3,(H,20,23). The Morgan fingerprint density at radius 3 is 2.54 bits per heavy atom. The molecule has 126 valence electrons. The van der Waals surface area contributed by atoms with Crippen LogP contribution in [0.1, 0.15) is 17.4 Å². The summed E-state index contributed by atoms with van der Waals surface area (Å²) in [5.41, 5.74) is 0.801. The Balaban J connectivity index is 2.20. The Morgan fingerprint density at radius 2 is 1.96 bits per heavy atom. The van der Waals surface area contributed by atoms with Crippen molar-refractivity contribution in [2.75, 3.05) is 14.1 Å². The molecule has 0 spiro atoms. The summed E-state index contributed by atoms with van der Waals surface area (Å²) in [7, 11) is 3.16. The van der Waals surface area contributed by atoms with Crippen LogP contribution in [-0.4, -0.2) is 46.9 Å². The maximum Gasteiger partial charge on any atom is 0.274 e. The zero-order chi connectivity index (χ0) is 17.9. The van der Waals surface area contributed by atoms with Crippen LogP contribution in [0.4, 0.5) is 4.39 Å². The van der Waals surface area contributed by atoms with Gasteiger partial charge in [-0.3, -0.25) is 9.59 Å². The molecule has 1 heterocycles. The van der Waals surface area contributed by atoms with Crippen LogP contribution in [0.2, 0.25) is 0 Å². The molecule has 0 bridgehead atoms. The number of nitrogens with zero attached hydrogens (tertiary/aromatic N) is 2. The van der Waals surface area contributed by atoms with Crippen LogP contribution < -0.4 is 5.32 Å². The van der Waals surface area contributed by atoms with Gasteiger partial charge in [0, 0.05) is 25.9 Å². The van der Waals surface area contributed by atoms with Crippen molar-refractivity contribution in [3.63, 3.8) is 0 Å². The molecule has 0 radical (unpaired) electrons. The maximum absolute atomic E-state index is 13.3. The van der Waals surface area contributed by atoms with Gasteiger partial charge in [0.25, 0.3) is 5.91 Å². The normalized spacial score (nSPS) is 11.7. The number of pyridine rings is 1. The Kier molecular flexibility index (Phi) is 5.13. The van der Waals surface area contributed by atoms with Gasteiger partial charge in [0.1, 0.15) is 17.6 Å². The summed E-state index contributed by atoms with van der Waals surface area (Å²) >= 11 is 0. The van der Waals surface area contributed by atoms with Crippen LogP contribution in [0.5, 0.6) is 5.75 Å². The fraction of sp³-hybridized carbons (Fsp3) is 0.235. The average Bonchev–Trinajstić information content (AvgIpc) is 2.53. The van der Waals surface area contributed by atoms with E-state index < -0.39 is 17.8 Å². The van der Waals surface area contributed by atoms with Crippen LogP contribution in [0, 0.1) is 5.82 Å². The molecule has 2 amide bonds. The van der Waals surface area contributed by atoms with Crippen LogP contribution in [0.25, 0.3) is 11.1 Å². The van der Waals surface area contributed by atoms with Crippen molar-refractivity contribution < 1.29 is 19.1 Å². The third-order valence-electron chi connectivity index (χ3n) is 3.40. The summed E-state index contributed by atoms with van der Waals surface area (Å²) in [6.07, 6.45) is 1.36. The van der Waals surface area contributed by atoms with Crippen LogP contribution in [-0.2, 0) is 4.79 Å². The third kappa shape index (κ3) is 3.87. The Labute approximate surface area is 138 Å². The van der Waals surface area contributed by atoms with Gasteiger partial charge in [-0.2, -0.15) is 0 Å². The summed E-state index contributed by atoms with van der Waals surface area (Å²) in [5.74, 6) is -1.70. The Bertz CT molecular complexity index is 777. The lowest BCUT2D eigenvalue weighted by Crippen LogP contribution is -2.44. The number of hydrogen-bond donors (Lipinski definition) is 2. The fourth-order valence-electron chi connectivity index (χ4n) is 2.17. The predicted octanol–water partition coefficient (Wildman–Crippen LogP) is 1.80. The van der Waals surface area contributed by atoms with Crippen molar-refractivity contribution in [1.82, 2.24) is 15.2 Å². The molecule has 0 saturated heterocycles. The summed E-state index contributed by atoms with van der Waals surface area (Å²) in [6, 6.07) is 6.38. The lowest BCUT2D eigenvalue weighted by Gasteiger charge is -2.18. The molecule has 0 aliphatic rings. The predicted molar refractivity (Wildman–Crippen MR) is 86.9 cm³/mol. The number of aromatic nitrogens is 1. The number of aromatic hydroxyl groups is 1. The first-order valence-corrected chi connectivity index (χ1v) is 7.26. The van der Waals surface area contributed by atoms with E-state index in [1.807, 2.05) is 0 Å². The molecule has 0 aliphatic heterocycles. The molecule has 0 fully saturated rings. The summed E-state index contributed by atoms with van der Waals surface area (Å²) in [5, 5.41) is 12.5. The first-order chi connectivity index (χ1) is 11.3. The molecule has 1 unspecified atom stereocenters. The quantitative estimate of drug-likeness (QED) is 0.895. The second-order valence-electron chi connectivity index (χ2n) is 5.53. The van der Waals surface area contributed by atoms with Gasteiger partial charge in [0.05, 0.1) is 0 Å². The minimum absolute atomic E-state index is 0.200. The summed E-state index contributed by atoms with van der Waals surface area (Å²) < 4.78 is 13.3. The van der Waals surface area contributed by atoms with Gasteiger partial charge in [0.15, 0.2) is 5.69 Å². The van der Waals surface area contributed by atoms with E-state index in [2.05, 4.69) is 10.3 Å². The highest BCUT2D eigenvalue weighted by molar-refractivity contribution is 5.98. The molecular weight excluding hydrogens is 313 g/mol. The van der Waals surface area contributed by atoms with E-state index in [0.29, 0.717) is 11.1 Å². The van der Waals surface area contributed by atoms with E-state index in [-0.39, 0.29) is 17.4 Å². The SMILES string of the molecule is CC(NC(=O)c1ncc(-c2cccc(F)c2)cc1O)C(=O)N(C)C. The van der Waals surface area contributed by atoms with Crippen LogP contribution in [0.3, 0.4) is 0 Å². The monoisotopic (exact) mass is 331 g/mol. The number of rotatable bonds is 4. The number of hydrogen-bond acceptors (Lipinski definition) is 4. The summed E-state index contributed by atoms with van der Waals surface area (Å²) in [4.78, 5) is 29.2. The number of carbonyl (C=O) groups is 2. The molecule has 7 heteroatoms. The first-order valence-electron chi connectivity index (χ1n) is 7.26. The van der Waals surface area contributed by atoms with Gasteiger partial charge in [-0.25, -0.2) is 9.37 Å². The molecule has 1 aromatic carbocycles. The van der Waals surface area contributed by atoms with E-state index in [1.54, 1.807) is 27.1 Å². The van der Waals surface area contributed by atoms with E-state index in [1.165, 1.54) is 35.4 Å². The first kappa shape index (κ1) is 17.4. The minimum atomic E-state index is -0.753. The van der Waals surface area contributed by atoms with E-state index in [9.17, 15) is 19.1 Å². The van der Waals surface area contributed by atoms with Crippen molar-refractivity contribution in [2.45, 2.75) is 13.0 Å². The molecule has 0 aliphatic carbocycles. The number of amides is 2. The lowest BCUT2D eigenvalue weighted by molar-refractivity contribution is -0.130. The zero-order valence-electron chi connectivity index (χ0n) is 13.6. The molecule has 2 N–H and O–H groups in total. The molecule has 1 atom stereocenters. The van der Waals surface area contributed by atoms with Gasteiger partial charge in [-0.15, -0.1) is 0 Å². The molecular formula is C17H18FN3O3. The van der Waals surface area contributed by atoms with Crippen molar-refractivity contribution in [3.05, 3.63) is 48.0 Å². The molecule has 2 aromatic rings. The van der Waals surface area contributed by atoms with Gasteiger partial charge < -0.3 is 15.3 Å². The number of likely N-dealkylation sites (N-methyl/N-ethyl adjacent to an activating group) is 1. The van der Waals surface area contributed by atoms with Crippen molar-refractivity contribution in [1.29, 1.82) is 0 Å². The molecule has 24 heavy (non-hydrogen) atoms. The van der Waals surface area contributed by atoms with Crippen molar-refractivity contribution in [3.8, 4) is 16.9 Å². The number of benzene rings is 1. The molecule has 1 aromatic heterocycles. The molecule has 0 saturated carbocycles. The molecule has 6 nitrogen and oxygen atoms in total. The second-order valence-corrected chi connectivity index (χ2v) is 5.53. The highest BCUT2D eigenvalue weighted by Crippen LogP contribution is 2.25. The number of halogens is 1. The topological polar surface area (TPSA) is 82.5 Å². The van der Waals surface area contributed by atoms with Crippen LogP contribution in [0.15, 0.2) is 36.5 Å². The zero-order valence-corrected chi connectivity index (χ0v) is 13.6. The smallest absolute Gasteiger partial charge is 0.274 e. The molecule has 2 rings (SSSR count). The maximum atomic E-state index is 13.3.